The van der Waals surface area contributed by atoms with Crippen LogP contribution in [0.25, 0.3) is 0 Å². The Morgan fingerprint density at radius 1 is 0.921 bits per heavy atom. The fraction of sp³-hybridized carbons (Fsp3) is 0.310. The van der Waals surface area contributed by atoms with Gasteiger partial charge < -0.3 is 10.2 Å². The van der Waals surface area contributed by atoms with Crippen molar-refractivity contribution in [2.24, 2.45) is 0 Å². The minimum atomic E-state index is -4.21. The Kier molecular flexibility index (Phi) is 10.4. The molecule has 0 aliphatic heterocycles. The number of rotatable bonds is 13. The average Bonchev–Trinajstić information content (AvgIpc) is 2.93. The first-order valence-corrected chi connectivity index (χ1v) is 14.1. The topological polar surface area (TPSA) is 86.8 Å². The van der Waals surface area contributed by atoms with Crippen LogP contribution in [0, 0.1) is 5.82 Å². The summed E-state index contributed by atoms with van der Waals surface area (Å²) >= 11 is 0. The van der Waals surface area contributed by atoms with E-state index in [0.29, 0.717) is 13.0 Å². The van der Waals surface area contributed by atoms with Crippen LogP contribution in [0.1, 0.15) is 32.3 Å². The number of hydrogen-bond donors (Lipinski definition) is 1. The van der Waals surface area contributed by atoms with Crippen molar-refractivity contribution in [3.05, 3.63) is 96.3 Å². The van der Waals surface area contributed by atoms with E-state index >= 15 is 0 Å². The molecule has 3 aromatic rings. The van der Waals surface area contributed by atoms with Gasteiger partial charge in [0.15, 0.2) is 0 Å². The van der Waals surface area contributed by atoms with E-state index in [9.17, 15) is 22.4 Å². The Morgan fingerprint density at radius 3 is 2.13 bits per heavy atom. The van der Waals surface area contributed by atoms with E-state index in [1.807, 2.05) is 37.3 Å². The SMILES string of the molecule is CCCCNC(=O)[C@@H](C)N(CCc1ccccc1)C(=O)CN(c1ccccc1)S(=O)(=O)c1ccc(F)cc1. The lowest BCUT2D eigenvalue weighted by Gasteiger charge is -2.32. The zero-order valence-electron chi connectivity index (χ0n) is 21.7. The molecule has 2 amide bonds. The van der Waals surface area contributed by atoms with E-state index in [-0.39, 0.29) is 23.0 Å². The lowest BCUT2D eigenvalue weighted by atomic mass is 10.1. The number of unbranched alkanes of at least 4 members (excludes halogenated alkanes) is 1. The van der Waals surface area contributed by atoms with Crippen molar-refractivity contribution in [1.29, 1.82) is 0 Å². The molecule has 0 spiro atoms. The van der Waals surface area contributed by atoms with Crippen molar-refractivity contribution >= 4 is 27.5 Å². The van der Waals surface area contributed by atoms with Crippen molar-refractivity contribution < 1.29 is 22.4 Å². The number of carbonyl (C=O) groups excluding carboxylic acids is 2. The second-order valence-electron chi connectivity index (χ2n) is 8.94. The first-order valence-electron chi connectivity index (χ1n) is 12.7. The van der Waals surface area contributed by atoms with E-state index in [0.717, 1.165) is 34.8 Å². The lowest BCUT2D eigenvalue weighted by molar-refractivity contribution is -0.138. The molecule has 0 radical (unpaired) electrons. The lowest BCUT2D eigenvalue weighted by Crippen LogP contribution is -2.52. The number of para-hydroxylation sites is 1. The van der Waals surface area contributed by atoms with Crippen LogP contribution in [0.4, 0.5) is 10.1 Å². The summed E-state index contributed by atoms with van der Waals surface area (Å²) in [5.74, 6) is -1.39. The van der Waals surface area contributed by atoms with Crippen LogP contribution in [-0.4, -0.2) is 50.8 Å². The maximum absolute atomic E-state index is 13.7. The quantitative estimate of drug-likeness (QED) is 0.326. The first kappa shape index (κ1) is 28.8. The maximum atomic E-state index is 13.7. The number of carbonyl (C=O) groups is 2. The monoisotopic (exact) mass is 539 g/mol. The molecule has 7 nitrogen and oxygen atoms in total. The third-order valence-corrected chi connectivity index (χ3v) is 7.99. The Hall–Kier alpha value is -3.72. The molecule has 38 heavy (non-hydrogen) atoms. The largest absolute Gasteiger partial charge is 0.354 e. The summed E-state index contributed by atoms with van der Waals surface area (Å²) < 4.78 is 41.7. The van der Waals surface area contributed by atoms with Gasteiger partial charge in [0.05, 0.1) is 10.6 Å². The first-order chi connectivity index (χ1) is 18.2. The fourth-order valence-corrected chi connectivity index (χ4v) is 5.38. The predicted octanol–water partition coefficient (Wildman–Crippen LogP) is 4.40. The number of anilines is 1. The molecule has 9 heteroatoms. The number of hydrogen-bond acceptors (Lipinski definition) is 4. The highest BCUT2D eigenvalue weighted by Crippen LogP contribution is 2.24. The van der Waals surface area contributed by atoms with Crippen LogP contribution in [0.3, 0.4) is 0 Å². The molecule has 0 aliphatic carbocycles. The molecular weight excluding hydrogens is 505 g/mol. The molecule has 0 saturated heterocycles. The van der Waals surface area contributed by atoms with Crippen LogP contribution in [-0.2, 0) is 26.0 Å². The molecular formula is C29H34FN3O4S. The number of amides is 2. The number of sulfonamides is 1. The summed E-state index contributed by atoms with van der Waals surface area (Å²) in [6.07, 6.45) is 2.22. The summed E-state index contributed by atoms with van der Waals surface area (Å²) in [7, 11) is -4.21. The van der Waals surface area contributed by atoms with Crippen LogP contribution in [0.2, 0.25) is 0 Å². The van der Waals surface area contributed by atoms with Gasteiger partial charge in [-0.25, -0.2) is 12.8 Å². The molecule has 0 aliphatic rings. The highest BCUT2D eigenvalue weighted by Gasteiger charge is 2.32. The summed E-state index contributed by atoms with van der Waals surface area (Å²) in [5.41, 5.74) is 1.27. The number of halogens is 1. The van der Waals surface area contributed by atoms with Crippen molar-refractivity contribution in [1.82, 2.24) is 10.2 Å². The second-order valence-corrected chi connectivity index (χ2v) is 10.8. The molecule has 3 rings (SSSR count). The Balaban J connectivity index is 1.91. The minimum absolute atomic E-state index is 0.142. The van der Waals surface area contributed by atoms with Crippen LogP contribution in [0.5, 0.6) is 0 Å². The van der Waals surface area contributed by atoms with Gasteiger partial charge in [-0.15, -0.1) is 0 Å². The van der Waals surface area contributed by atoms with Gasteiger partial charge in [0, 0.05) is 13.1 Å². The Bertz CT molecular complexity index is 1290. The van der Waals surface area contributed by atoms with Crippen molar-refractivity contribution in [2.75, 3.05) is 23.9 Å². The van der Waals surface area contributed by atoms with E-state index < -0.39 is 34.3 Å². The van der Waals surface area contributed by atoms with E-state index in [2.05, 4.69) is 5.32 Å². The summed E-state index contributed by atoms with van der Waals surface area (Å²) in [6.45, 7) is 3.86. The Labute approximate surface area is 224 Å². The van der Waals surface area contributed by atoms with Gasteiger partial charge in [0.1, 0.15) is 18.4 Å². The van der Waals surface area contributed by atoms with E-state index in [1.54, 1.807) is 37.3 Å². The zero-order valence-corrected chi connectivity index (χ0v) is 22.5. The minimum Gasteiger partial charge on any atom is -0.354 e. The highest BCUT2D eigenvalue weighted by molar-refractivity contribution is 7.92. The van der Waals surface area contributed by atoms with Crippen molar-refractivity contribution in [3.63, 3.8) is 0 Å². The van der Waals surface area contributed by atoms with E-state index in [4.69, 9.17) is 0 Å². The molecule has 0 saturated carbocycles. The second kappa shape index (κ2) is 13.7. The summed E-state index contributed by atoms with van der Waals surface area (Å²) in [4.78, 5) is 27.9. The number of benzene rings is 3. The molecule has 3 aromatic carbocycles. The third-order valence-electron chi connectivity index (χ3n) is 6.21. The van der Waals surface area contributed by atoms with Gasteiger partial charge in [-0.2, -0.15) is 0 Å². The summed E-state index contributed by atoms with van der Waals surface area (Å²) in [5, 5.41) is 2.86. The van der Waals surface area contributed by atoms with Gasteiger partial charge in [-0.1, -0.05) is 61.9 Å². The standard InChI is InChI=1S/C29H34FN3O4S/c1-3-4-20-31-29(35)23(2)32(21-19-24-11-7-5-8-12-24)28(34)22-33(26-13-9-6-10-14-26)38(36,37)27-17-15-25(30)16-18-27/h5-18,23H,3-4,19-22H2,1-2H3,(H,31,35)/t23-/m1/s1. The van der Waals surface area contributed by atoms with Gasteiger partial charge in [-0.05, 0) is 61.7 Å². The van der Waals surface area contributed by atoms with Crippen molar-refractivity contribution in [3.8, 4) is 0 Å². The van der Waals surface area contributed by atoms with Crippen LogP contribution < -0.4 is 9.62 Å². The molecule has 1 atom stereocenters. The smallest absolute Gasteiger partial charge is 0.264 e. The third kappa shape index (κ3) is 7.64. The highest BCUT2D eigenvalue weighted by atomic mass is 32.2. The summed E-state index contributed by atoms with van der Waals surface area (Å²) in [6, 6.07) is 21.5. The van der Waals surface area contributed by atoms with Crippen molar-refractivity contribution in [2.45, 2.75) is 44.0 Å². The number of nitrogens with zero attached hydrogens (tertiary/aromatic N) is 2. The average molecular weight is 540 g/mol. The number of nitrogens with one attached hydrogen (secondary N) is 1. The molecule has 0 unspecified atom stereocenters. The van der Waals surface area contributed by atoms with Gasteiger partial charge in [0.2, 0.25) is 11.8 Å². The fourth-order valence-electron chi connectivity index (χ4n) is 3.96. The van der Waals surface area contributed by atoms with Gasteiger partial charge in [0.25, 0.3) is 10.0 Å². The predicted molar refractivity (Wildman–Crippen MR) is 147 cm³/mol. The molecule has 0 fully saturated rings. The van der Waals surface area contributed by atoms with E-state index in [1.165, 1.54) is 17.0 Å². The molecule has 0 bridgehead atoms. The van der Waals surface area contributed by atoms with Gasteiger partial charge in [-0.3, -0.25) is 13.9 Å². The van der Waals surface area contributed by atoms with Crippen LogP contribution >= 0.6 is 0 Å². The Morgan fingerprint density at radius 2 is 1.53 bits per heavy atom. The molecule has 0 aromatic heterocycles. The van der Waals surface area contributed by atoms with Gasteiger partial charge >= 0.3 is 0 Å². The molecule has 0 heterocycles. The maximum Gasteiger partial charge on any atom is 0.264 e. The molecule has 1 N–H and O–H groups in total. The molecule has 202 valence electrons. The zero-order chi connectivity index (χ0) is 27.5. The normalized spacial score (nSPS) is 12.0. The van der Waals surface area contributed by atoms with Crippen LogP contribution in [0.15, 0.2) is 89.8 Å².